The molecule has 1 unspecified atom stereocenters. The summed E-state index contributed by atoms with van der Waals surface area (Å²) < 4.78 is 5.26. The molecule has 1 aliphatic heterocycles. The first-order valence-electron chi connectivity index (χ1n) is 5.88. The largest absolute Gasteiger partial charge is 0.378 e. The van der Waals surface area contributed by atoms with Crippen molar-refractivity contribution in [2.45, 2.75) is 6.04 Å². The fraction of sp³-hybridized carbons (Fsp3) is 0.333. The second kappa shape index (κ2) is 4.75. The fourth-order valence-electron chi connectivity index (χ4n) is 1.98. The van der Waals surface area contributed by atoms with E-state index >= 15 is 0 Å². The van der Waals surface area contributed by atoms with Gasteiger partial charge in [-0.15, -0.1) is 0 Å². The number of H-pyrrole nitrogens is 1. The molecule has 1 fully saturated rings. The number of aromatic nitrogens is 2. The Bertz CT molecular complexity index is 560. The highest BCUT2D eigenvalue weighted by Gasteiger charge is 2.21. The normalized spacial score (nSPS) is 19.9. The Labute approximate surface area is 104 Å². The standard InChI is InChI=1S/C12H14N4O2/c17-12(11-7-18-4-3-13-11)15-9-1-2-10-8(5-9)6-14-16-10/h1-2,5-6,11,13H,3-4,7H2,(H,14,16)(H,15,17). The van der Waals surface area contributed by atoms with Crippen LogP contribution < -0.4 is 10.6 Å². The Hall–Kier alpha value is -1.92. The molecule has 3 N–H and O–H groups in total. The number of nitrogens with one attached hydrogen (secondary N) is 3. The minimum atomic E-state index is -0.279. The molecule has 1 atom stereocenters. The number of carbonyl (C=O) groups excluding carboxylic acids is 1. The molecule has 6 nitrogen and oxygen atoms in total. The molecular formula is C12H14N4O2. The summed E-state index contributed by atoms with van der Waals surface area (Å²) in [4.78, 5) is 12.0. The molecule has 1 aromatic heterocycles. The molecule has 1 amide bonds. The third kappa shape index (κ3) is 2.20. The van der Waals surface area contributed by atoms with Crippen LogP contribution in [0.2, 0.25) is 0 Å². The lowest BCUT2D eigenvalue weighted by atomic mass is 10.2. The van der Waals surface area contributed by atoms with E-state index in [0.717, 1.165) is 16.6 Å². The average Bonchev–Trinajstić information content (AvgIpc) is 2.87. The zero-order chi connectivity index (χ0) is 12.4. The van der Waals surface area contributed by atoms with Gasteiger partial charge in [0.05, 0.1) is 24.9 Å². The van der Waals surface area contributed by atoms with Gasteiger partial charge >= 0.3 is 0 Å². The number of amides is 1. The quantitative estimate of drug-likeness (QED) is 0.720. The minimum absolute atomic E-state index is 0.0717. The van der Waals surface area contributed by atoms with Crippen LogP contribution in [0.5, 0.6) is 0 Å². The van der Waals surface area contributed by atoms with Gasteiger partial charge in [0.1, 0.15) is 6.04 Å². The van der Waals surface area contributed by atoms with Gasteiger partial charge in [0.2, 0.25) is 5.91 Å². The van der Waals surface area contributed by atoms with Gasteiger partial charge in [0.25, 0.3) is 0 Å². The molecule has 0 aliphatic carbocycles. The van der Waals surface area contributed by atoms with Crippen molar-refractivity contribution in [2.24, 2.45) is 0 Å². The van der Waals surface area contributed by atoms with E-state index in [1.54, 1.807) is 6.20 Å². The number of nitrogens with zero attached hydrogens (tertiary/aromatic N) is 1. The van der Waals surface area contributed by atoms with Crippen molar-refractivity contribution in [2.75, 3.05) is 25.1 Å². The van der Waals surface area contributed by atoms with E-state index < -0.39 is 0 Å². The molecule has 1 aromatic carbocycles. The maximum absolute atomic E-state index is 12.0. The summed E-state index contributed by atoms with van der Waals surface area (Å²) in [5, 5.41) is 13.8. The maximum atomic E-state index is 12.0. The Balaban J connectivity index is 1.72. The van der Waals surface area contributed by atoms with Crippen LogP contribution in [0.15, 0.2) is 24.4 Å². The van der Waals surface area contributed by atoms with Crippen LogP contribution in [0.1, 0.15) is 0 Å². The van der Waals surface area contributed by atoms with Crippen molar-refractivity contribution in [1.82, 2.24) is 15.5 Å². The SMILES string of the molecule is O=C(Nc1ccc2[nH]ncc2c1)C1COCCN1. The summed E-state index contributed by atoms with van der Waals surface area (Å²) in [5.74, 6) is -0.0717. The van der Waals surface area contributed by atoms with Crippen LogP contribution in [0.4, 0.5) is 5.69 Å². The van der Waals surface area contributed by atoms with Crippen LogP contribution >= 0.6 is 0 Å². The van der Waals surface area contributed by atoms with Crippen molar-refractivity contribution < 1.29 is 9.53 Å². The minimum Gasteiger partial charge on any atom is -0.378 e. The molecule has 0 bridgehead atoms. The smallest absolute Gasteiger partial charge is 0.243 e. The van der Waals surface area contributed by atoms with Gasteiger partial charge in [-0.3, -0.25) is 9.89 Å². The van der Waals surface area contributed by atoms with Crippen molar-refractivity contribution in [3.8, 4) is 0 Å². The highest BCUT2D eigenvalue weighted by atomic mass is 16.5. The lowest BCUT2D eigenvalue weighted by Crippen LogP contribution is -2.48. The monoisotopic (exact) mass is 246 g/mol. The molecule has 6 heteroatoms. The number of anilines is 1. The molecular weight excluding hydrogens is 232 g/mol. The zero-order valence-corrected chi connectivity index (χ0v) is 9.77. The molecule has 0 radical (unpaired) electrons. The first kappa shape index (κ1) is 11.2. The van der Waals surface area contributed by atoms with Crippen LogP contribution in [0.3, 0.4) is 0 Å². The maximum Gasteiger partial charge on any atom is 0.243 e. The van der Waals surface area contributed by atoms with E-state index in [1.807, 2.05) is 18.2 Å². The van der Waals surface area contributed by atoms with Crippen molar-refractivity contribution >= 4 is 22.5 Å². The first-order valence-corrected chi connectivity index (χ1v) is 5.88. The second-order valence-electron chi connectivity index (χ2n) is 4.24. The van der Waals surface area contributed by atoms with Crippen molar-refractivity contribution in [1.29, 1.82) is 0 Å². The summed E-state index contributed by atoms with van der Waals surface area (Å²) in [6.45, 7) is 1.78. The Kier molecular flexibility index (Phi) is 2.95. The van der Waals surface area contributed by atoms with Crippen molar-refractivity contribution in [3.05, 3.63) is 24.4 Å². The van der Waals surface area contributed by atoms with E-state index in [9.17, 15) is 4.79 Å². The summed E-state index contributed by atoms with van der Waals surface area (Å²) in [6, 6.07) is 5.35. The first-order chi connectivity index (χ1) is 8.83. The van der Waals surface area contributed by atoms with Gasteiger partial charge < -0.3 is 15.4 Å². The topological polar surface area (TPSA) is 79.0 Å². The molecule has 0 saturated carbocycles. The van der Waals surface area contributed by atoms with Gasteiger partial charge in [0.15, 0.2) is 0 Å². The Morgan fingerprint density at radius 1 is 1.50 bits per heavy atom. The average molecular weight is 246 g/mol. The number of ether oxygens (including phenoxy) is 1. The van der Waals surface area contributed by atoms with E-state index in [0.29, 0.717) is 19.8 Å². The van der Waals surface area contributed by atoms with Crippen LogP contribution in [0, 0.1) is 0 Å². The lowest BCUT2D eigenvalue weighted by Gasteiger charge is -2.22. The molecule has 1 aliphatic rings. The fourth-order valence-corrected chi connectivity index (χ4v) is 1.98. The van der Waals surface area contributed by atoms with E-state index in [-0.39, 0.29) is 11.9 Å². The number of hydrogen-bond acceptors (Lipinski definition) is 4. The van der Waals surface area contributed by atoms with E-state index in [1.165, 1.54) is 0 Å². The second-order valence-corrected chi connectivity index (χ2v) is 4.24. The summed E-state index contributed by atoms with van der Waals surface area (Å²) >= 11 is 0. The van der Waals surface area contributed by atoms with Crippen molar-refractivity contribution in [3.63, 3.8) is 0 Å². The Morgan fingerprint density at radius 2 is 2.44 bits per heavy atom. The predicted octanol–water partition coefficient (Wildman–Crippen LogP) is 0.490. The number of hydrogen-bond donors (Lipinski definition) is 3. The van der Waals surface area contributed by atoms with Gasteiger partial charge in [-0.05, 0) is 18.2 Å². The molecule has 0 spiro atoms. The summed E-state index contributed by atoms with van der Waals surface area (Å²) in [6.07, 6.45) is 1.73. The van der Waals surface area contributed by atoms with Gasteiger partial charge in [-0.1, -0.05) is 0 Å². The number of benzene rings is 1. The highest BCUT2D eigenvalue weighted by molar-refractivity contribution is 5.96. The number of morpholine rings is 1. The lowest BCUT2D eigenvalue weighted by molar-refractivity contribution is -0.120. The molecule has 1 saturated heterocycles. The third-order valence-electron chi connectivity index (χ3n) is 2.95. The van der Waals surface area contributed by atoms with E-state index in [4.69, 9.17) is 4.74 Å². The predicted molar refractivity (Wildman–Crippen MR) is 67.3 cm³/mol. The van der Waals surface area contributed by atoms with Crippen LogP contribution in [-0.4, -0.2) is 41.9 Å². The van der Waals surface area contributed by atoms with Crippen LogP contribution in [-0.2, 0) is 9.53 Å². The number of carbonyl (C=O) groups is 1. The van der Waals surface area contributed by atoms with Gasteiger partial charge in [0, 0.05) is 17.6 Å². The van der Waals surface area contributed by atoms with Gasteiger partial charge in [-0.2, -0.15) is 5.10 Å². The number of aromatic amines is 1. The molecule has 18 heavy (non-hydrogen) atoms. The third-order valence-corrected chi connectivity index (χ3v) is 2.95. The zero-order valence-electron chi connectivity index (χ0n) is 9.77. The van der Waals surface area contributed by atoms with Crippen LogP contribution in [0.25, 0.3) is 10.9 Å². The molecule has 94 valence electrons. The summed E-state index contributed by atoms with van der Waals surface area (Å²) in [7, 11) is 0. The molecule has 2 aromatic rings. The number of fused-ring (bicyclic) bond motifs is 1. The molecule has 2 heterocycles. The number of rotatable bonds is 2. The Morgan fingerprint density at radius 3 is 3.28 bits per heavy atom. The van der Waals surface area contributed by atoms with Gasteiger partial charge in [-0.25, -0.2) is 0 Å². The van der Waals surface area contributed by atoms with E-state index in [2.05, 4.69) is 20.8 Å². The molecule has 3 rings (SSSR count). The summed E-state index contributed by atoms with van der Waals surface area (Å²) in [5.41, 5.74) is 1.72. The highest BCUT2D eigenvalue weighted by Crippen LogP contribution is 2.16.